The summed E-state index contributed by atoms with van der Waals surface area (Å²) < 4.78 is 5.09. The molecule has 2 aromatic rings. The second-order valence-electron chi connectivity index (χ2n) is 5.41. The summed E-state index contributed by atoms with van der Waals surface area (Å²) >= 11 is 5.75. The molecule has 1 heterocycles. The first-order chi connectivity index (χ1) is 12.5. The van der Waals surface area contributed by atoms with Crippen LogP contribution in [-0.4, -0.2) is 22.5 Å². The molecular weight excluding hydrogens is 358 g/mol. The van der Waals surface area contributed by atoms with Crippen molar-refractivity contribution in [2.75, 3.05) is 6.54 Å². The van der Waals surface area contributed by atoms with Gasteiger partial charge in [0.25, 0.3) is 0 Å². The Morgan fingerprint density at radius 3 is 2.81 bits per heavy atom. The summed E-state index contributed by atoms with van der Waals surface area (Å²) in [6, 6.07) is 9.39. The molecule has 0 saturated carbocycles. The van der Waals surface area contributed by atoms with Crippen molar-refractivity contribution in [2.45, 2.75) is 20.0 Å². The van der Waals surface area contributed by atoms with Gasteiger partial charge in [0.2, 0.25) is 5.15 Å². The molecule has 0 atom stereocenters. The van der Waals surface area contributed by atoms with Gasteiger partial charge in [0, 0.05) is 23.9 Å². The SMILES string of the molecule is Cc1c(C=CCCNC(=O)OCc2ccccc2)cnc(Cl)c1[N+](=O)[O-]. The monoisotopic (exact) mass is 375 g/mol. The predicted octanol–water partition coefficient (Wildman–Crippen LogP) is 4.28. The molecule has 0 bridgehead atoms. The maximum Gasteiger partial charge on any atom is 0.407 e. The highest BCUT2D eigenvalue weighted by Crippen LogP contribution is 2.28. The Labute approximate surface area is 155 Å². The van der Waals surface area contributed by atoms with E-state index in [1.54, 1.807) is 19.1 Å². The number of nitrogens with zero attached hydrogens (tertiary/aromatic N) is 2. The van der Waals surface area contributed by atoms with Crippen LogP contribution in [0.25, 0.3) is 6.08 Å². The van der Waals surface area contributed by atoms with Gasteiger partial charge >= 0.3 is 11.8 Å². The first-order valence-corrected chi connectivity index (χ1v) is 8.27. The fraction of sp³-hybridized carbons (Fsp3) is 0.222. The van der Waals surface area contributed by atoms with Crippen LogP contribution >= 0.6 is 11.6 Å². The molecule has 136 valence electrons. The van der Waals surface area contributed by atoms with E-state index in [2.05, 4.69) is 10.3 Å². The highest BCUT2D eigenvalue weighted by atomic mass is 35.5. The number of pyridine rings is 1. The van der Waals surface area contributed by atoms with Crippen LogP contribution in [0.4, 0.5) is 10.5 Å². The smallest absolute Gasteiger partial charge is 0.407 e. The Hall–Kier alpha value is -2.93. The fourth-order valence-corrected chi connectivity index (χ4v) is 2.46. The quantitative estimate of drug-likeness (QED) is 0.337. The normalized spacial score (nSPS) is 10.7. The van der Waals surface area contributed by atoms with Crippen molar-refractivity contribution in [3.8, 4) is 0 Å². The molecular formula is C18H18ClN3O4. The molecule has 1 aromatic heterocycles. The molecule has 0 radical (unpaired) electrons. The Morgan fingerprint density at radius 1 is 1.38 bits per heavy atom. The summed E-state index contributed by atoms with van der Waals surface area (Å²) in [5.74, 6) is 0. The van der Waals surface area contributed by atoms with Crippen molar-refractivity contribution < 1.29 is 14.5 Å². The molecule has 0 aliphatic carbocycles. The molecule has 0 fully saturated rings. The lowest BCUT2D eigenvalue weighted by atomic mass is 10.1. The molecule has 0 unspecified atom stereocenters. The molecule has 2 rings (SSSR count). The van der Waals surface area contributed by atoms with Crippen LogP contribution in [0.1, 0.15) is 23.1 Å². The first kappa shape index (κ1) is 19.4. The average Bonchev–Trinajstić information content (AvgIpc) is 2.62. The van der Waals surface area contributed by atoms with E-state index in [0.29, 0.717) is 24.1 Å². The largest absolute Gasteiger partial charge is 0.445 e. The summed E-state index contributed by atoms with van der Waals surface area (Å²) in [7, 11) is 0. The number of nitro groups is 1. The van der Waals surface area contributed by atoms with Gasteiger partial charge in [-0.05, 0) is 18.9 Å². The van der Waals surface area contributed by atoms with Crippen molar-refractivity contribution in [2.24, 2.45) is 0 Å². The predicted molar refractivity (Wildman–Crippen MR) is 98.9 cm³/mol. The maximum atomic E-state index is 11.6. The van der Waals surface area contributed by atoms with E-state index >= 15 is 0 Å². The zero-order valence-electron chi connectivity index (χ0n) is 14.1. The van der Waals surface area contributed by atoms with Crippen LogP contribution in [0.15, 0.2) is 42.6 Å². The third kappa shape index (κ3) is 5.56. The zero-order valence-corrected chi connectivity index (χ0v) is 14.9. The van der Waals surface area contributed by atoms with Gasteiger partial charge in [0.15, 0.2) is 0 Å². The molecule has 1 amide bonds. The number of halogens is 1. The number of carbonyl (C=O) groups is 1. The number of benzene rings is 1. The number of carbonyl (C=O) groups excluding carboxylic acids is 1. The summed E-state index contributed by atoms with van der Waals surface area (Å²) in [5.41, 5.74) is 1.76. The third-order valence-corrected chi connectivity index (χ3v) is 3.85. The van der Waals surface area contributed by atoms with Gasteiger partial charge in [0.1, 0.15) is 6.61 Å². The van der Waals surface area contributed by atoms with Crippen LogP contribution in [0.2, 0.25) is 5.15 Å². The van der Waals surface area contributed by atoms with E-state index in [9.17, 15) is 14.9 Å². The second kappa shape index (κ2) is 9.53. The molecule has 8 heteroatoms. The first-order valence-electron chi connectivity index (χ1n) is 7.89. The van der Waals surface area contributed by atoms with Gasteiger partial charge in [-0.3, -0.25) is 10.1 Å². The summed E-state index contributed by atoms with van der Waals surface area (Å²) in [6.07, 6.45) is 5.02. The molecule has 0 saturated heterocycles. The van der Waals surface area contributed by atoms with Crippen LogP contribution in [0.3, 0.4) is 0 Å². The molecule has 0 aliphatic rings. The van der Waals surface area contributed by atoms with Gasteiger partial charge in [-0.15, -0.1) is 0 Å². The van der Waals surface area contributed by atoms with E-state index in [1.807, 2.05) is 30.3 Å². The minimum absolute atomic E-state index is 0.132. The van der Waals surface area contributed by atoms with Crippen molar-refractivity contribution in [1.82, 2.24) is 10.3 Å². The maximum absolute atomic E-state index is 11.6. The Bertz CT molecular complexity index is 810. The van der Waals surface area contributed by atoms with E-state index in [0.717, 1.165) is 5.56 Å². The molecule has 26 heavy (non-hydrogen) atoms. The Kier molecular flexibility index (Phi) is 7.11. The molecule has 1 N–H and O–H groups in total. The number of rotatable bonds is 7. The van der Waals surface area contributed by atoms with Crippen LogP contribution in [0, 0.1) is 17.0 Å². The summed E-state index contributed by atoms with van der Waals surface area (Å²) in [4.78, 5) is 25.9. The van der Waals surface area contributed by atoms with E-state index in [1.165, 1.54) is 6.20 Å². The number of ether oxygens (including phenoxy) is 1. The highest BCUT2D eigenvalue weighted by molar-refractivity contribution is 6.31. The number of hydrogen-bond acceptors (Lipinski definition) is 5. The molecule has 0 spiro atoms. The summed E-state index contributed by atoms with van der Waals surface area (Å²) in [5, 5.41) is 13.5. The molecule has 1 aromatic carbocycles. The van der Waals surface area contributed by atoms with E-state index < -0.39 is 11.0 Å². The van der Waals surface area contributed by atoms with Crippen LogP contribution < -0.4 is 5.32 Å². The van der Waals surface area contributed by atoms with Crippen molar-refractivity contribution in [3.63, 3.8) is 0 Å². The topological polar surface area (TPSA) is 94.4 Å². The number of aromatic nitrogens is 1. The fourth-order valence-electron chi connectivity index (χ4n) is 2.20. The Morgan fingerprint density at radius 2 is 2.12 bits per heavy atom. The van der Waals surface area contributed by atoms with E-state index in [-0.39, 0.29) is 17.4 Å². The standard InChI is InChI=1S/C18H18ClN3O4/c1-13-15(11-21-17(19)16(13)22(24)25)9-5-6-10-20-18(23)26-12-14-7-3-2-4-8-14/h2-5,7-9,11H,6,10,12H2,1H3,(H,20,23). The zero-order chi connectivity index (χ0) is 18.9. The van der Waals surface area contributed by atoms with Crippen LogP contribution in [0.5, 0.6) is 0 Å². The highest BCUT2D eigenvalue weighted by Gasteiger charge is 2.19. The summed E-state index contributed by atoms with van der Waals surface area (Å²) in [6.45, 7) is 2.21. The number of alkyl carbamates (subject to hydrolysis) is 1. The van der Waals surface area contributed by atoms with Crippen molar-refractivity contribution in [3.05, 3.63) is 74.6 Å². The van der Waals surface area contributed by atoms with Gasteiger partial charge in [-0.25, -0.2) is 9.78 Å². The second-order valence-corrected chi connectivity index (χ2v) is 5.77. The van der Waals surface area contributed by atoms with Gasteiger partial charge in [-0.2, -0.15) is 0 Å². The van der Waals surface area contributed by atoms with Crippen molar-refractivity contribution >= 4 is 29.5 Å². The number of amides is 1. The minimum atomic E-state index is -0.549. The minimum Gasteiger partial charge on any atom is -0.445 e. The molecule has 0 aliphatic heterocycles. The Balaban J connectivity index is 1.78. The number of nitrogens with one attached hydrogen (secondary N) is 1. The molecule has 7 nitrogen and oxygen atoms in total. The van der Waals surface area contributed by atoms with Crippen molar-refractivity contribution in [1.29, 1.82) is 0 Å². The van der Waals surface area contributed by atoms with Gasteiger partial charge < -0.3 is 10.1 Å². The van der Waals surface area contributed by atoms with E-state index in [4.69, 9.17) is 16.3 Å². The number of hydrogen-bond donors (Lipinski definition) is 1. The van der Waals surface area contributed by atoms with Gasteiger partial charge in [-0.1, -0.05) is 54.1 Å². The lowest BCUT2D eigenvalue weighted by molar-refractivity contribution is -0.385. The lowest BCUT2D eigenvalue weighted by Crippen LogP contribution is -2.24. The van der Waals surface area contributed by atoms with Gasteiger partial charge in [0.05, 0.1) is 4.92 Å². The lowest BCUT2D eigenvalue weighted by Gasteiger charge is -2.06. The average molecular weight is 376 g/mol. The van der Waals surface area contributed by atoms with Crippen LogP contribution in [-0.2, 0) is 11.3 Å². The third-order valence-electron chi connectivity index (χ3n) is 3.57.